The number of hydrogen-bond acceptors (Lipinski definition) is 9. The van der Waals surface area contributed by atoms with Crippen LogP contribution in [-0.2, 0) is 4.74 Å². The van der Waals surface area contributed by atoms with E-state index in [9.17, 15) is 17.6 Å². The highest BCUT2D eigenvalue weighted by Crippen LogP contribution is 2.31. The second kappa shape index (κ2) is 9.90. The van der Waals surface area contributed by atoms with Crippen molar-refractivity contribution in [2.75, 3.05) is 24.5 Å². The van der Waals surface area contributed by atoms with Gasteiger partial charge >= 0.3 is 6.18 Å². The Hall–Kier alpha value is -3.61. The maximum Gasteiger partial charge on any atom is 0.434 e. The number of nitrogens with one attached hydrogen (secondary N) is 1. The molecule has 0 bridgehead atoms. The largest absolute Gasteiger partial charge is 0.434 e. The van der Waals surface area contributed by atoms with Crippen molar-refractivity contribution in [2.45, 2.75) is 25.3 Å². The fourth-order valence-electron chi connectivity index (χ4n) is 3.38. The fraction of sp³-hybridized carbons (Fsp3) is 0.350. The molecule has 3 heterocycles. The quantitative estimate of drug-likeness (QED) is 0.492. The summed E-state index contributed by atoms with van der Waals surface area (Å²) < 4.78 is 59.9. The van der Waals surface area contributed by atoms with Gasteiger partial charge in [0.15, 0.2) is 23.2 Å². The summed E-state index contributed by atoms with van der Waals surface area (Å²) in [6.07, 6.45) is 0.748. The average molecular weight is 466 g/mol. The monoisotopic (exact) mass is 466 g/mol. The number of allylic oxidation sites excluding steroid dienone is 1. The molecule has 3 N–H and O–H groups in total. The number of hydrogen-bond donors (Lipinski definition) is 2. The first-order chi connectivity index (χ1) is 15.7. The Kier molecular flexibility index (Phi) is 7.21. The van der Waals surface area contributed by atoms with E-state index in [4.69, 9.17) is 15.9 Å². The molecule has 0 saturated carbocycles. The van der Waals surface area contributed by atoms with E-state index in [0.29, 0.717) is 5.57 Å². The van der Waals surface area contributed by atoms with Crippen LogP contribution in [0.25, 0.3) is 5.70 Å². The number of morpholine rings is 1. The van der Waals surface area contributed by atoms with Gasteiger partial charge in [-0.25, -0.2) is 14.4 Å². The van der Waals surface area contributed by atoms with Gasteiger partial charge in [0, 0.05) is 36.9 Å². The van der Waals surface area contributed by atoms with Crippen molar-refractivity contribution in [1.82, 2.24) is 14.9 Å². The smallest absolute Gasteiger partial charge is 0.404 e. The maximum atomic E-state index is 14.7. The highest BCUT2D eigenvalue weighted by molar-refractivity contribution is 5.77. The topological polar surface area (TPSA) is 116 Å². The molecule has 33 heavy (non-hydrogen) atoms. The van der Waals surface area contributed by atoms with Crippen molar-refractivity contribution in [1.29, 1.82) is 5.41 Å². The standard InChI is InChI=1S/C20H22F4N8O/c1-12-9-32(10-16(33-12)13(5-25)6-26)19-14(21)7-29-18(30-19)15(8-27-2)31-4-3-28-17(11-31)20(22,23)24/h3,5-8,11-12,16,25H,2,4,9-10,26H2,1H3/b13-6+,15-8-,25-5?. The lowest BCUT2D eigenvalue weighted by atomic mass is 10.1. The first-order valence-corrected chi connectivity index (χ1v) is 9.77. The number of nitrogens with two attached hydrogens (primary N) is 1. The molecule has 2 aliphatic heterocycles. The SMILES string of the molecule is C=N/C=C(/c1ncc(F)c(N2CC(C)OC(/C(C=N)=C/N)C2)n1)N1C=C(C(F)(F)F)N=CC1. The van der Waals surface area contributed by atoms with E-state index in [1.165, 1.54) is 17.3 Å². The Morgan fingerprint density at radius 1 is 1.39 bits per heavy atom. The molecule has 0 spiro atoms. The summed E-state index contributed by atoms with van der Waals surface area (Å²) in [5.41, 5.74) is 4.94. The predicted octanol–water partition coefficient (Wildman–Crippen LogP) is 2.49. The lowest BCUT2D eigenvalue weighted by molar-refractivity contribution is -0.0934. The Morgan fingerprint density at radius 3 is 2.79 bits per heavy atom. The minimum atomic E-state index is -4.65. The molecule has 0 aromatic carbocycles. The van der Waals surface area contributed by atoms with Crippen LogP contribution < -0.4 is 10.6 Å². The number of halogens is 4. The highest BCUT2D eigenvalue weighted by atomic mass is 19.4. The molecule has 176 valence electrons. The molecule has 3 rings (SSSR count). The van der Waals surface area contributed by atoms with Gasteiger partial charge in [-0.1, -0.05) is 0 Å². The number of alkyl halides is 3. The summed E-state index contributed by atoms with van der Waals surface area (Å²) in [4.78, 5) is 18.1. The molecule has 9 nitrogen and oxygen atoms in total. The third kappa shape index (κ3) is 5.42. The first kappa shape index (κ1) is 24.0. The van der Waals surface area contributed by atoms with Gasteiger partial charge in [-0.3, -0.25) is 9.98 Å². The van der Waals surface area contributed by atoms with Crippen LogP contribution >= 0.6 is 0 Å². The molecule has 1 aromatic heterocycles. The van der Waals surface area contributed by atoms with Gasteiger partial charge in [0.1, 0.15) is 11.8 Å². The molecule has 0 amide bonds. The van der Waals surface area contributed by atoms with Gasteiger partial charge in [0.25, 0.3) is 0 Å². The Labute approximate surface area is 187 Å². The van der Waals surface area contributed by atoms with Crippen molar-refractivity contribution >= 4 is 30.7 Å². The van der Waals surface area contributed by atoms with E-state index in [1.807, 2.05) is 0 Å². The van der Waals surface area contributed by atoms with E-state index < -0.39 is 23.8 Å². The zero-order valence-electron chi connectivity index (χ0n) is 17.6. The fourth-order valence-corrected chi connectivity index (χ4v) is 3.38. The van der Waals surface area contributed by atoms with Gasteiger partial charge < -0.3 is 25.7 Å². The second-order valence-corrected chi connectivity index (χ2v) is 7.19. The van der Waals surface area contributed by atoms with Crippen LogP contribution in [-0.4, -0.2) is 72.0 Å². The zero-order chi connectivity index (χ0) is 24.2. The molecule has 2 aliphatic rings. The van der Waals surface area contributed by atoms with Crippen LogP contribution in [0.5, 0.6) is 0 Å². The minimum Gasteiger partial charge on any atom is -0.404 e. The summed E-state index contributed by atoms with van der Waals surface area (Å²) in [6, 6.07) is 0. The van der Waals surface area contributed by atoms with E-state index >= 15 is 0 Å². The molecule has 2 unspecified atom stereocenters. The molecule has 2 atom stereocenters. The molecule has 1 saturated heterocycles. The van der Waals surface area contributed by atoms with Crippen molar-refractivity contribution in [3.63, 3.8) is 0 Å². The predicted molar refractivity (Wildman–Crippen MR) is 116 cm³/mol. The summed E-state index contributed by atoms with van der Waals surface area (Å²) in [7, 11) is 0. The molecule has 0 radical (unpaired) electrons. The van der Waals surface area contributed by atoms with Crippen molar-refractivity contribution in [3.05, 3.63) is 47.7 Å². The van der Waals surface area contributed by atoms with Gasteiger partial charge in [-0.15, -0.1) is 0 Å². The van der Waals surface area contributed by atoms with E-state index in [-0.39, 0.29) is 43.1 Å². The number of aliphatic imine (C=N–C) groups is 2. The number of rotatable bonds is 6. The first-order valence-electron chi connectivity index (χ1n) is 9.77. The van der Waals surface area contributed by atoms with Crippen LogP contribution in [0.2, 0.25) is 0 Å². The Balaban J connectivity index is 1.98. The summed E-state index contributed by atoms with van der Waals surface area (Å²) in [5, 5.41) is 7.49. The third-order valence-corrected chi connectivity index (χ3v) is 4.85. The van der Waals surface area contributed by atoms with Gasteiger partial charge in [-0.2, -0.15) is 13.2 Å². The summed E-state index contributed by atoms with van der Waals surface area (Å²) in [6.45, 7) is 5.57. The third-order valence-electron chi connectivity index (χ3n) is 4.85. The van der Waals surface area contributed by atoms with E-state index in [1.54, 1.807) is 11.8 Å². The minimum absolute atomic E-state index is 0.00233. The number of aromatic nitrogens is 2. The Bertz CT molecular complexity index is 1030. The summed E-state index contributed by atoms with van der Waals surface area (Å²) in [5.74, 6) is -0.844. The van der Waals surface area contributed by atoms with Gasteiger partial charge in [-0.05, 0) is 13.6 Å². The molecular weight excluding hydrogens is 444 g/mol. The molecule has 0 aliphatic carbocycles. The average Bonchev–Trinajstić information content (AvgIpc) is 2.78. The van der Waals surface area contributed by atoms with Crippen LogP contribution in [0.4, 0.5) is 23.4 Å². The Morgan fingerprint density at radius 2 is 2.15 bits per heavy atom. The summed E-state index contributed by atoms with van der Waals surface area (Å²) >= 11 is 0. The normalized spacial score (nSPS) is 22.3. The van der Waals surface area contributed by atoms with Crippen LogP contribution in [0.1, 0.15) is 12.7 Å². The van der Waals surface area contributed by atoms with Gasteiger partial charge in [0.2, 0.25) is 0 Å². The van der Waals surface area contributed by atoms with Crippen molar-refractivity contribution in [2.24, 2.45) is 15.7 Å². The number of anilines is 1. The van der Waals surface area contributed by atoms with Crippen LogP contribution in [0, 0.1) is 11.2 Å². The highest BCUT2D eigenvalue weighted by Gasteiger charge is 2.36. The van der Waals surface area contributed by atoms with E-state index in [0.717, 1.165) is 24.8 Å². The lowest BCUT2D eigenvalue weighted by Gasteiger charge is -2.38. The maximum absolute atomic E-state index is 14.7. The van der Waals surface area contributed by atoms with E-state index in [2.05, 4.69) is 26.7 Å². The van der Waals surface area contributed by atoms with Gasteiger partial charge in [0.05, 0.1) is 31.6 Å². The molecular formula is C20H22F4N8O. The molecule has 1 fully saturated rings. The lowest BCUT2D eigenvalue weighted by Crippen LogP contribution is -2.48. The zero-order valence-corrected chi connectivity index (χ0v) is 17.6. The number of nitrogens with zero attached hydrogens (tertiary/aromatic N) is 6. The van der Waals surface area contributed by atoms with Crippen LogP contribution in [0.3, 0.4) is 0 Å². The number of ether oxygens (including phenoxy) is 1. The van der Waals surface area contributed by atoms with Crippen LogP contribution in [0.15, 0.2) is 46.1 Å². The second-order valence-electron chi connectivity index (χ2n) is 7.19. The van der Waals surface area contributed by atoms with Crippen molar-refractivity contribution < 1.29 is 22.3 Å². The molecule has 13 heteroatoms. The molecule has 1 aromatic rings. The van der Waals surface area contributed by atoms with Crippen molar-refractivity contribution in [3.8, 4) is 0 Å².